The third-order valence-corrected chi connectivity index (χ3v) is 4.28. The van der Waals surface area contributed by atoms with Gasteiger partial charge < -0.3 is 4.90 Å². The molecule has 0 bridgehead atoms. The van der Waals surface area contributed by atoms with E-state index in [1.54, 1.807) is 0 Å². The Balaban J connectivity index is 2.11. The predicted octanol–water partition coefficient (Wildman–Crippen LogP) is 1.59. The molecule has 0 aromatic carbocycles. The highest BCUT2D eigenvalue weighted by molar-refractivity contribution is 5.81. The average molecular weight is 210 g/mol. The molecule has 3 heteroatoms. The Kier molecular flexibility index (Phi) is 3.01. The van der Waals surface area contributed by atoms with Crippen molar-refractivity contribution in [2.45, 2.75) is 52.2 Å². The summed E-state index contributed by atoms with van der Waals surface area (Å²) >= 11 is 0. The molecule has 4 atom stereocenters. The molecule has 0 radical (unpaired) electrons. The topological polar surface area (TPSA) is 32.3 Å². The quantitative estimate of drug-likeness (QED) is 0.713. The van der Waals surface area contributed by atoms with Gasteiger partial charge in [-0.15, -0.1) is 0 Å². The van der Waals surface area contributed by atoms with Crippen LogP contribution in [0.5, 0.6) is 0 Å². The Labute approximate surface area is 92.2 Å². The summed E-state index contributed by atoms with van der Waals surface area (Å²) < 4.78 is 0. The minimum absolute atomic E-state index is 0.232. The molecule has 1 N–H and O–H groups in total. The van der Waals surface area contributed by atoms with Crippen molar-refractivity contribution in [3.63, 3.8) is 0 Å². The number of carbonyl (C=O) groups excluding carboxylic acids is 1. The molecule has 0 aromatic heterocycles. The van der Waals surface area contributed by atoms with Gasteiger partial charge in [0, 0.05) is 6.04 Å². The Morgan fingerprint density at radius 1 is 1.27 bits per heavy atom. The van der Waals surface area contributed by atoms with Gasteiger partial charge in [0.25, 0.3) is 0 Å². The zero-order valence-electron chi connectivity index (χ0n) is 9.99. The molecule has 1 saturated carbocycles. The first-order valence-corrected chi connectivity index (χ1v) is 6.16. The van der Waals surface area contributed by atoms with E-state index in [0.717, 1.165) is 5.92 Å². The van der Waals surface area contributed by atoms with E-state index in [-0.39, 0.29) is 12.1 Å². The lowest BCUT2D eigenvalue weighted by Crippen LogP contribution is -2.49. The van der Waals surface area contributed by atoms with E-state index in [2.05, 4.69) is 31.0 Å². The molecule has 1 aliphatic carbocycles. The summed E-state index contributed by atoms with van der Waals surface area (Å²) in [6.07, 6.45) is 4.01. The number of carbonyl (C=O) groups is 1. The van der Waals surface area contributed by atoms with Crippen LogP contribution in [0.2, 0.25) is 0 Å². The summed E-state index contributed by atoms with van der Waals surface area (Å²) in [6.45, 7) is 7.23. The van der Waals surface area contributed by atoms with Crippen molar-refractivity contribution in [2.24, 2.45) is 11.8 Å². The zero-order chi connectivity index (χ0) is 11.0. The lowest BCUT2D eigenvalue weighted by molar-refractivity contribution is -0.132. The van der Waals surface area contributed by atoms with E-state index in [1.165, 1.54) is 19.3 Å². The maximum atomic E-state index is 11.8. The molecule has 0 spiro atoms. The fourth-order valence-electron chi connectivity index (χ4n) is 3.06. The third-order valence-electron chi connectivity index (χ3n) is 4.28. The van der Waals surface area contributed by atoms with Gasteiger partial charge in [0.15, 0.2) is 0 Å². The lowest BCUT2D eigenvalue weighted by Gasteiger charge is -2.41. The number of rotatable bonds is 1. The van der Waals surface area contributed by atoms with Gasteiger partial charge in [0.1, 0.15) is 0 Å². The minimum atomic E-state index is 0.232. The van der Waals surface area contributed by atoms with Crippen LogP contribution < -0.4 is 5.32 Å². The largest absolute Gasteiger partial charge is 0.323 e. The van der Waals surface area contributed by atoms with Crippen LogP contribution in [0, 0.1) is 11.8 Å². The summed E-state index contributed by atoms with van der Waals surface area (Å²) in [5, 5.41) is 3.23. The normalized spacial score (nSPS) is 42.3. The van der Waals surface area contributed by atoms with Crippen LogP contribution >= 0.6 is 0 Å². The van der Waals surface area contributed by atoms with Crippen molar-refractivity contribution in [1.29, 1.82) is 0 Å². The predicted molar refractivity (Wildman–Crippen MR) is 60.3 cm³/mol. The van der Waals surface area contributed by atoms with Crippen molar-refractivity contribution >= 4 is 5.91 Å². The number of hydrogen-bond acceptors (Lipinski definition) is 2. The van der Waals surface area contributed by atoms with Crippen molar-refractivity contribution < 1.29 is 4.79 Å². The Morgan fingerprint density at radius 2 is 2.00 bits per heavy atom. The van der Waals surface area contributed by atoms with Gasteiger partial charge in [-0.3, -0.25) is 10.1 Å². The highest BCUT2D eigenvalue weighted by atomic mass is 16.2. The van der Waals surface area contributed by atoms with Crippen LogP contribution in [-0.2, 0) is 4.79 Å². The minimum Gasteiger partial charge on any atom is -0.323 e. The van der Waals surface area contributed by atoms with Crippen LogP contribution in [-0.4, -0.2) is 29.6 Å². The molecular weight excluding hydrogens is 188 g/mol. The van der Waals surface area contributed by atoms with Gasteiger partial charge in [-0.1, -0.05) is 26.7 Å². The Bertz CT molecular complexity index is 254. The summed E-state index contributed by atoms with van der Waals surface area (Å²) in [5.74, 6) is 1.68. The van der Waals surface area contributed by atoms with Gasteiger partial charge in [-0.05, 0) is 25.2 Å². The molecule has 2 rings (SSSR count). The molecule has 1 aliphatic heterocycles. The highest BCUT2D eigenvalue weighted by Gasteiger charge is 2.38. The molecule has 86 valence electrons. The molecule has 3 nitrogen and oxygen atoms in total. The van der Waals surface area contributed by atoms with E-state index in [0.29, 0.717) is 18.5 Å². The molecule has 1 amide bonds. The van der Waals surface area contributed by atoms with Crippen LogP contribution in [0.3, 0.4) is 0 Å². The highest BCUT2D eigenvalue weighted by Crippen LogP contribution is 2.34. The fourth-order valence-corrected chi connectivity index (χ4v) is 3.06. The molecule has 0 aromatic rings. The maximum Gasteiger partial charge on any atom is 0.238 e. The first-order chi connectivity index (χ1) is 7.11. The average Bonchev–Trinajstić information content (AvgIpc) is 2.52. The van der Waals surface area contributed by atoms with E-state index in [1.807, 2.05) is 0 Å². The van der Waals surface area contributed by atoms with Gasteiger partial charge in [-0.2, -0.15) is 0 Å². The first kappa shape index (κ1) is 10.9. The van der Waals surface area contributed by atoms with Crippen molar-refractivity contribution in [2.75, 3.05) is 6.54 Å². The van der Waals surface area contributed by atoms with E-state index >= 15 is 0 Å². The fraction of sp³-hybridized carbons (Fsp3) is 0.917. The second-order valence-corrected chi connectivity index (χ2v) is 5.19. The van der Waals surface area contributed by atoms with Crippen LogP contribution in [0.25, 0.3) is 0 Å². The van der Waals surface area contributed by atoms with Gasteiger partial charge in [-0.25, -0.2) is 0 Å². The lowest BCUT2D eigenvalue weighted by atomic mass is 9.77. The SMILES string of the molecule is CC1CCCC(N2C(=O)CNC2C)C1C. The number of nitrogens with zero attached hydrogens (tertiary/aromatic N) is 1. The van der Waals surface area contributed by atoms with Crippen LogP contribution in [0.4, 0.5) is 0 Å². The molecule has 2 aliphatic rings. The molecule has 4 unspecified atom stereocenters. The van der Waals surface area contributed by atoms with Crippen LogP contribution in [0.15, 0.2) is 0 Å². The summed E-state index contributed by atoms with van der Waals surface area (Å²) in [5.41, 5.74) is 0. The van der Waals surface area contributed by atoms with E-state index in [9.17, 15) is 4.79 Å². The van der Waals surface area contributed by atoms with Crippen molar-refractivity contribution in [3.05, 3.63) is 0 Å². The summed E-state index contributed by atoms with van der Waals surface area (Å²) in [6, 6.07) is 0.464. The van der Waals surface area contributed by atoms with Gasteiger partial charge in [0.05, 0.1) is 12.7 Å². The Hall–Kier alpha value is -0.570. The Morgan fingerprint density at radius 3 is 2.60 bits per heavy atom. The van der Waals surface area contributed by atoms with Gasteiger partial charge >= 0.3 is 0 Å². The summed E-state index contributed by atoms with van der Waals surface area (Å²) in [4.78, 5) is 13.9. The standard InChI is InChI=1S/C12H22N2O/c1-8-5-4-6-11(9(8)2)14-10(3)13-7-12(14)15/h8-11,13H,4-7H2,1-3H3. The smallest absolute Gasteiger partial charge is 0.238 e. The summed E-state index contributed by atoms with van der Waals surface area (Å²) in [7, 11) is 0. The molecule has 2 fully saturated rings. The second-order valence-electron chi connectivity index (χ2n) is 5.19. The molecule has 15 heavy (non-hydrogen) atoms. The van der Waals surface area contributed by atoms with Crippen molar-refractivity contribution in [1.82, 2.24) is 10.2 Å². The monoisotopic (exact) mass is 210 g/mol. The number of amides is 1. The zero-order valence-corrected chi connectivity index (χ0v) is 9.99. The van der Waals surface area contributed by atoms with Crippen molar-refractivity contribution in [3.8, 4) is 0 Å². The molecular formula is C12H22N2O. The first-order valence-electron chi connectivity index (χ1n) is 6.16. The number of hydrogen-bond donors (Lipinski definition) is 1. The van der Waals surface area contributed by atoms with E-state index < -0.39 is 0 Å². The molecule has 1 saturated heterocycles. The molecule has 1 heterocycles. The number of nitrogens with one attached hydrogen (secondary N) is 1. The second kappa shape index (κ2) is 4.12. The van der Waals surface area contributed by atoms with Gasteiger partial charge in [0.2, 0.25) is 5.91 Å². The van der Waals surface area contributed by atoms with Crippen LogP contribution in [0.1, 0.15) is 40.0 Å². The maximum absolute atomic E-state index is 11.8. The van der Waals surface area contributed by atoms with E-state index in [4.69, 9.17) is 0 Å². The third kappa shape index (κ3) is 1.89.